The Morgan fingerprint density at radius 1 is 1.20 bits per heavy atom. The Hall–Kier alpha value is -0.280. The molecule has 10 heavy (non-hydrogen) atoms. The lowest BCUT2D eigenvalue weighted by Crippen LogP contribution is -1.94. The molecular formula is C5H6Cl2O3. The highest BCUT2D eigenvalue weighted by Gasteiger charge is 2.19. The lowest BCUT2D eigenvalue weighted by atomic mass is 10.4. The van der Waals surface area contributed by atoms with Crippen molar-refractivity contribution in [1.82, 2.24) is 0 Å². The number of ether oxygens (including phenoxy) is 1. The van der Waals surface area contributed by atoms with Gasteiger partial charge in [0, 0.05) is 0 Å². The van der Waals surface area contributed by atoms with E-state index in [4.69, 9.17) is 23.2 Å². The van der Waals surface area contributed by atoms with Crippen molar-refractivity contribution in [3.63, 3.8) is 0 Å². The number of cyclic esters (lactones) is 2. The summed E-state index contributed by atoms with van der Waals surface area (Å²) < 4.78 is 4.08. The number of rotatable bonds is 0. The minimum atomic E-state index is -0.398. The highest BCUT2D eigenvalue weighted by molar-refractivity contribution is 6.40. The third-order valence-electron chi connectivity index (χ3n) is 0.761. The van der Waals surface area contributed by atoms with Crippen molar-refractivity contribution in [2.45, 2.75) is 12.8 Å². The minimum Gasteiger partial charge on any atom is -0.393 e. The van der Waals surface area contributed by atoms with Gasteiger partial charge in [-0.1, -0.05) is 0 Å². The van der Waals surface area contributed by atoms with Crippen molar-refractivity contribution in [3.8, 4) is 0 Å². The molecule has 0 aliphatic carbocycles. The van der Waals surface area contributed by atoms with Gasteiger partial charge in [0.2, 0.25) is 0 Å². The number of hydrogen-bond donors (Lipinski definition) is 0. The normalized spacial score (nSPS) is 15.8. The molecule has 0 aromatic heterocycles. The number of carbonyl (C=O) groups is 2. The van der Waals surface area contributed by atoms with Gasteiger partial charge in [-0.05, 0) is 0 Å². The third kappa shape index (κ3) is 4.58. The van der Waals surface area contributed by atoms with Gasteiger partial charge in [-0.3, -0.25) is 9.59 Å². The van der Waals surface area contributed by atoms with E-state index in [0.717, 1.165) is 0 Å². The van der Waals surface area contributed by atoms with Gasteiger partial charge < -0.3 is 4.74 Å². The molecule has 0 aromatic carbocycles. The van der Waals surface area contributed by atoms with Crippen LogP contribution in [0.25, 0.3) is 0 Å². The Morgan fingerprint density at radius 3 is 1.60 bits per heavy atom. The Kier molecular flexibility index (Phi) is 5.35. The van der Waals surface area contributed by atoms with E-state index >= 15 is 0 Å². The molecule has 0 radical (unpaired) electrons. The summed E-state index contributed by atoms with van der Waals surface area (Å²) in [5.41, 5.74) is 0. The van der Waals surface area contributed by atoms with Crippen molar-refractivity contribution < 1.29 is 14.3 Å². The standard InChI is InChI=1S/C4H4O3.CH2Cl2/c5-3-1-2-4(6)7-3;2-1-3/h1-2H2;1H2. The fourth-order valence-corrected chi connectivity index (χ4v) is 0.433. The molecule has 0 spiro atoms. The first-order valence-corrected chi connectivity index (χ1v) is 3.63. The fraction of sp³-hybridized carbons (Fsp3) is 0.600. The first-order valence-electron chi connectivity index (χ1n) is 2.56. The van der Waals surface area contributed by atoms with Crippen LogP contribution in [0.2, 0.25) is 0 Å². The van der Waals surface area contributed by atoms with Crippen LogP contribution in [0.15, 0.2) is 0 Å². The van der Waals surface area contributed by atoms with Gasteiger partial charge in [0.1, 0.15) is 0 Å². The van der Waals surface area contributed by atoms with E-state index in [-0.39, 0.29) is 18.2 Å². The lowest BCUT2D eigenvalue weighted by Gasteiger charge is -1.79. The van der Waals surface area contributed by atoms with Crippen LogP contribution < -0.4 is 0 Å². The summed E-state index contributed by atoms with van der Waals surface area (Å²) in [4.78, 5) is 20.0. The summed E-state index contributed by atoms with van der Waals surface area (Å²) in [6.07, 6.45) is 0.525. The summed E-state index contributed by atoms with van der Waals surface area (Å²) in [6.45, 7) is 0. The molecule has 0 N–H and O–H groups in total. The van der Waals surface area contributed by atoms with Crippen LogP contribution in [0, 0.1) is 0 Å². The zero-order valence-corrected chi connectivity index (χ0v) is 6.61. The highest BCUT2D eigenvalue weighted by atomic mass is 35.5. The van der Waals surface area contributed by atoms with Crippen LogP contribution >= 0.6 is 23.2 Å². The zero-order valence-electron chi connectivity index (χ0n) is 5.10. The van der Waals surface area contributed by atoms with Gasteiger partial charge in [0.15, 0.2) is 0 Å². The molecule has 0 atom stereocenters. The minimum absolute atomic E-state index is 0.194. The molecular weight excluding hydrogens is 179 g/mol. The molecule has 58 valence electrons. The first-order chi connectivity index (χ1) is 4.70. The topological polar surface area (TPSA) is 43.4 Å². The maximum absolute atomic E-state index is 10.0. The van der Waals surface area contributed by atoms with E-state index in [9.17, 15) is 9.59 Å². The SMILES string of the molecule is ClCCl.O=C1CCC(=O)O1. The number of esters is 2. The second kappa shape index (κ2) is 5.50. The van der Waals surface area contributed by atoms with E-state index < -0.39 is 11.9 Å². The predicted octanol–water partition coefficient (Wildman–Crippen LogP) is 1.27. The molecule has 1 saturated heterocycles. The van der Waals surface area contributed by atoms with Gasteiger partial charge in [-0.2, -0.15) is 0 Å². The molecule has 5 heteroatoms. The number of hydrogen-bond acceptors (Lipinski definition) is 3. The second-order valence-corrected chi connectivity index (χ2v) is 2.26. The molecule has 0 aromatic rings. The van der Waals surface area contributed by atoms with Crippen molar-refractivity contribution in [2.75, 3.05) is 5.34 Å². The van der Waals surface area contributed by atoms with E-state index in [1.807, 2.05) is 0 Å². The van der Waals surface area contributed by atoms with Crippen LogP contribution in [-0.4, -0.2) is 17.3 Å². The highest BCUT2D eigenvalue weighted by Crippen LogP contribution is 2.03. The lowest BCUT2D eigenvalue weighted by molar-refractivity contribution is -0.151. The van der Waals surface area contributed by atoms with Crippen molar-refractivity contribution in [2.24, 2.45) is 0 Å². The predicted molar refractivity (Wildman–Crippen MR) is 36.9 cm³/mol. The largest absolute Gasteiger partial charge is 0.393 e. The second-order valence-electron chi connectivity index (χ2n) is 1.45. The molecule has 1 fully saturated rings. The van der Waals surface area contributed by atoms with Crippen LogP contribution in [0.1, 0.15) is 12.8 Å². The summed E-state index contributed by atoms with van der Waals surface area (Å²) in [7, 11) is 0. The summed E-state index contributed by atoms with van der Waals surface area (Å²) in [5, 5.41) is 0.194. The summed E-state index contributed by atoms with van der Waals surface area (Å²) in [5.74, 6) is -0.796. The van der Waals surface area contributed by atoms with Crippen molar-refractivity contribution >= 4 is 35.1 Å². The maximum atomic E-state index is 10.0. The van der Waals surface area contributed by atoms with Crippen LogP contribution in [-0.2, 0) is 14.3 Å². The molecule has 0 unspecified atom stereocenters. The van der Waals surface area contributed by atoms with E-state index in [1.54, 1.807) is 0 Å². The van der Waals surface area contributed by atoms with Gasteiger partial charge in [0.25, 0.3) is 0 Å². The molecule has 1 heterocycles. The summed E-state index contributed by atoms with van der Waals surface area (Å²) >= 11 is 9.53. The monoisotopic (exact) mass is 184 g/mol. The number of carbonyl (C=O) groups excluding carboxylic acids is 2. The van der Waals surface area contributed by atoms with Crippen LogP contribution in [0.3, 0.4) is 0 Å². The van der Waals surface area contributed by atoms with Crippen molar-refractivity contribution in [1.29, 1.82) is 0 Å². The van der Waals surface area contributed by atoms with Crippen molar-refractivity contribution in [3.05, 3.63) is 0 Å². The molecule has 0 bridgehead atoms. The average molecular weight is 185 g/mol. The quantitative estimate of drug-likeness (QED) is 0.324. The van der Waals surface area contributed by atoms with Gasteiger partial charge in [-0.15, -0.1) is 23.2 Å². The smallest absolute Gasteiger partial charge is 0.314 e. The van der Waals surface area contributed by atoms with Gasteiger partial charge >= 0.3 is 11.9 Å². The number of alkyl halides is 2. The van der Waals surface area contributed by atoms with Crippen LogP contribution in [0.5, 0.6) is 0 Å². The Morgan fingerprint density at radius 2 is 1.50 bits per heavy atom. The Bertz CT molecular complexity index is 121. The Balaban J connectivity index is 0.000000236. The fourth-order valence-electron chi connectivity index (χ4n) is 0.433. The average Bonchev–Trinajstić information content (AvgIpc) is 2.17. The van der Waals surface area contributed by atoms with Crippen LogP contribution in [0.4, 0.5) is 0 Å². The molecule has 1 aliphatic heterocycles. The van der Waals surface area contributed by atoms with E-state index in [2.05, 4.69) is 4.74 Å². The third-order valence-corrected chi connectivity index (χ3v) is 0.761. The van der Waals surface area contributed by atoms with Gasteiger partial charge in [0.05, 0.1) is 18.2 Å². The number of halogens is 2. The molecule has 1 aliphatic rings. The Labute approximate surface area is 68.2 Å². The van der Waals surface area contributed by atoms with Gasteiger partial charge in [-0.25, -0.2) is 0 Å². The zero-order chi connectivity index (χ0) is 7.98. The first kappa shape index (κ1) is 9.72. The molecule has 1 rings (SSSR count). The molecule has 3 nitrogen and oxygen atoms in total. The molecule has 0 amide bonds. The van der Waals surface area contributed by atoms with E-state index in [1.165, 1.54) is 0 Å². The maximum Gasteiger partial charge on any atom is 0.314 e. The van der Waals surface area contributed by atoms with E-state index in [0.29, 0.717) is 0 Å². The molecule has 0 saturated carbocycles. The summed E-state index contributed by atoms with van der Waals surface area (Å²) in [6, 6.07) is 0.